The second-order valence-corrected chi connectivity index (χ2v) is 3.70. The van der Waals surface area contributed by atoms with E-state index in [1.165, 1.54) is 0 Å². The molecule has 1 rings (SSSR count). The highest BCUT2D eigenvalue weighted by molar-refractivity contribution is 5.68. The van der Waals surface area contributed by atoms with Crippen molar-refractivity contribution < 1.29 is 9.90 Å². The second kappa shape index (κ2) is 4.61. The Labute approximate surface area is 89.0 Å². The molecular formula is C12H13NO2. The lowest BCUT2D eigenvalue weighted by Crippen LogP contribution is -2.04. The number of hydrogen-bond donors (Lipinski definition) is 1. The summed E-state index contributed by atoms with van der Waals surface area (Å²) < 4.78 is 0. The number of carbonyl (C=O) groups is 1. The van der Waals surface area contributed by atoms with Gasteiger partial charge in [0.2, 0.25) is 0 Å². The van der Waals surface area contributed by atoms with E-state index in [-0.39, 0.29) is 6.42 Å². The number of nitriles is 1. The van der Waals surface area contributed by atoms with E-state index in [1.54, 1.807) is 0 Å². The molecule has 15 heavy (non-hydrogen) atoms. The molecule has 3 nitrogen and oxygen atoms in total. The molecule has 0 amide bonds. The third-order valence-corrected chi connectivity index (χ3v) is 2.18. The van der Waals surface area contributed by atoms with Crippen molar-refractivity contribution >= 4 is 5.97 Å². The van der Waals surface area contributed by atoms with Crippen LogP contribution in [0.15, 0.2) is 18.2 Å². The van der Waals surface area contributed by atoms with Gasteiger partial charge in [-0.05, 0) is 19.4 Å². The van der Waals surface area contributed by atoms with Crippen LogP contribution in [0.5, 0.6) is 0 Å². The van der Waals surface area contributed by atoms with Crippen molar-refractivity contribution in [2.75, 3.05) is 0 Å². The van der Waals surface area contributed by atoms with Gasteiger partial charge in [0.15, 0.2) is 0 Å². The van der Waals surface area contributed by atoms with Crippen LogP contribution in [0.1, 0.15) is 29.0 Å². The van der Waals surface area contributed by atoms with E-state index in [0.29, 0.717) is 0 Å². The van der Waals surface area contributed by atoms with Crippen molar-refractivity contribution in [2.24, 2.45) is 0 Å². The van der Waals surface area contributed by atoms with Crippen molar-refractivity contribution in [3.05, 3.63) is 34.9 Å². The zero-order chi connectivity index (χ0) is 11.4. The van der Waals surface area contributed by atoms with Gasteiger partial charge in [0.25, 0.3) is 0 Å². The fourth-order valence-corrected chi connectivity index (χ4v) is 1.62. The van der Waals surface area contributed by atoms with Crippen LogP contribution in [0.25, 0.3) is 0 Å². The minimum atomic E-state index is -0.944. The van der Waals surface area contributed by atoms with Gasteiger partial charge in [0, 0.05) is 0 Å². The highest BCUT2D eigenvalue weighted by Crippen LogP contribution is 2.21. The quantitative estimate of drug-likeness (QED) is 0.820. The fraction of sp³-hybridized carbons (Fsp3) is 0.333. The molecule has 0 aliphatic rings. The number of aliphatic carboxylic acids is 1. The van der Waals surface area contributed by atoms with Gasteiger partial charge in [-0.15, -0.1) is 0 Å². The molecule has 0 radical (unpaired) electrons. The topological polar surface area (TPSA) is 61.1 Å². The number of rotatable bonds is 3. The van der Waals surface area contributed by atoms with Gasteiger partial charge in [-0.1, -0.05) is 29.3 Å². The Balaban J connectivity index is 3.02. The average Bonchev–Trinajstić information content (AvgIpc) is 2.12. The molecule has 0 heterocycles. The minimum Gasteiger partial charge on any atom is -0.481 e. The number of benzene rings is 1. The van der Waals surface area contributed by atoms with Crippen LogP contribution in [-0.4, -0.2) is 11.1 Å². The molecular weight excluding hydrogens is 190 g/mol. The monoisotopic (exact) mass is 203 g/mol. The molecule has 1 aromatic rings. The first kappa shape index (κ1) is 11.3. The van der Waals surface area contributed by atoms with Crippen molar-refractivity contribution in [2.45, 2.75) is 26.2 Å². The molecule has 0 saturated heterocycles. The molecule has 78 valence electrons. The summed E-state index contributed by atoms with van der Waals surface area (Å²) in [6.45, 7) is 3.87. The summed E-state index contributed by atoms with van der Waals surface area (Å²) in [5, 5.41) is 17.6. The molecule has 0 aliphatic heterocycles. The minimum absolute atomic E-state index is 0.139. The first-order valence-corrected chi connectivity index (χ1v) is 4.72. The summed E-state index contributed by atoms with van der Waals surface area (Å²) in [6.07, 6.45) is -0.139. The molecule has 0 aromatic heterocycles. The molecule has 0 spiro atoms. The van der Waals surface area contributed by atoms with Gasteiger partial charge in [-0.25, -0.2) is 0 Å². The molecule has 1 aromatic carbocycles. The zero-order valence-electron chi connectivity index (χ0n) is 8.82. The molecule has 0 fully saturated rings. The van der Waals surface area contributed by atoms with E-state index in [2.05, 4.69) is 0 Å². The van der Waals surface area contributed by atoms with Crippen LogP contribution in [0.4, 0.5) is 0 Å². The molecule has 0 bridgehead atoms. The predicted molar refractivity (Wildman–Crippen MR) is 56.5 cm³/mol. The first-order chi connectivity index (χ1) is 7.02. The van der Waals surface area contributed by atoms with Crippen molar-refractivity contribution in [3.63, 3.8) is 0 Å². The highest BCUT2D eigenvalue weighted by Gasteiger charge is 2.15. The van der Waals surface area contributed by atoms with Crippen LogP contribution in [0.2, 0.25) is 0 Å². The van der Waals surface area contributed by atoms with Crippen LogP contribution in [0.3, 0.4) is 0 Å². The maximum absolute atomic E-state index is 10.6. The fourth-order valence-electron chi connectivity index (χ4n) is 1.62. The largest absolute Gasteiger partial charge is 0.481 e. The van der Waals surface area contributed by atoms with Gasteiger partial charge in [-0.2, -0.15) is 5.26 Å². The SMILES string of the molecule is Cc1cc(C)cc(C(C#N)CC(=O)O)c1. The second-order valence-electron chi connectivity index (χ2n) is 3.70. The number of hydrogen-bond acceptors (Lipinski definition) is 2. The number of aryl methyl sites for hydroxylation is 2. The Morgan fingerprint density at radius 2 is 1.93 bits per heavy atom. The third kappa shape index (κ3) is 3.10. The van der Waals surface area contributed by atoms with Crippen molar-refractivity contribution in [1.82, 2.24) is 0 Å². The van der Waals surface area contributed by atoms with E-state index in [9.17, 15) is 4.79 Å². The number of carboxylic acid groups (broad SMARTS) is 1. The van der Waals surface area contributed by atoms with E-state index in [4.69, 9.17) is 10.4 Å². The Morgan fingerprint density at radius 3 is 2.33 bits per heavy atom. The predicted octanol–water partition coefficient (Wildman–Crippen LogP) is 2.39. The van der Waals surface area contributed by atoms with Gasteiger partial charge >= 0.3 is 5.97 Å². The average molecular weight is 203 g/mol. The van der Waals surface area contributed by atoms with Crippen molar-refractivity contribution in [3.8, 4) is 6.07 Å². The van der Waals surface area contributed by atoms with Crippen LogP contribution < -0.4 is 0 Å². The highest BCUT2D eigenvalue weighted by atomic mass is 16.4. The van der Waals surface area contributed by atoms with Gasteiger partial charge < -0.3 is 5.11 Å². The van der Waals surface area contributed by atoms with Crippen molar-refractivity contribution in [1.29, 1.82) is 5.26 Å². The van der Waals surface area contributed by atoms with Gasteiger partial charge in [-0.3, -0.25) is 4.79 Å². The summed E-state index contributed by atoms with van der Waals surface area (Å²) in [7, 11) is 0. The summed E-state index contributed by atoms with van der Waals surface area (Å²) >= 11 is 0. The van der Waals surface area contributed by atoms with Crippen LogP contribution >= 0.6 is 0 Å². The molecule has 0 aliphatic carbocycles. The first-order valence-electron chi connectivity index (χ1n) is 4.72. The van der Waals surface area contributed by atoms with Gasteiger partial charge in [0.1, 0.15) is 0 Å². The van der Waals surface area contributed by atoms with Crippen LogP contribution in [0, 0.1) is 25.2 Å². The molecule has 0 saturated carbocycles. The Hall–Kier alpha value is -1.82. The summed E-state index contributed by atoms with van der Waals surface area (Å²) in [5.74, 6) is -1.50. The number of carboxylic acids is 1. The van der Waals surface area contributed by atoms with E-state index >= 15 is 0 Å². The standard InChI is InChI=1S/C12H13NO2/c1-8-3-9(2)5-10(4-8)11(7-13)6-12(14)15/h3-5,11H,6H2,1-2H3,(H,14,15). The Morgan fingerprint density at radius 1 is 1.40 bits per heavy atom. The molecule has 1 N–H and O–H groups in total. The van der Waals surface area contributed by atoms with E-state index < -0.39 is 11.9 Å². The maximum atomic E-state index is 10.6. The smallest absolute Gasteiger partial charge is 0.305 e. The van der Waals surface area contributed by atoms with E-state index in [0.717, 1.165) is 16.7 Å². The lowest BCUT2D eigenvalue weighted by Gasteiger charge is -2.08. The molecule has 1 atom stereocenters. The van der Waals surface area contributed by atoms with Gasteiger partial charge in [0.05, 0.1) is 18.4 Å². The lowest BCUT2D eigenvalue weighted by atomic mass is 9.94. The van der Waals surface area contributed by atoms with Crippen LogP contribution in [-0.2, 0) is 4.79 Å². The summed E-state index contributed by atoms with van der Waals surface area (Å²) in [4.78, 5) is 10.6. The molecule has 1 unspecified atom stereocenters. The summed E-state index contributed by atoms with van der Waals surface area (Å²) in [6, 6.07) is 7.75. The third-order valence-electron chi connectivity index (χ3n) is 2.18. The Kier molecular flexibility index (Phi) is 3.46. The molecule has 3 heteroatoms. The van der Waals surface area contributed by atoms with E-state index in [1.807, 2.05) is 38.1 Å². The lowest BCUT2D eigenvalue weighted by molar-refractivity contribution is -0.137. The maximum Gasteiger partial charge on any atom is 0.305 e. The summed E-state index contributed by atoms with van der Waals surface area (Å²) in [5.41, 5.74) is 2.89. The number of nitrogens with zero attached hydrogens (tertiary/aromatic N) is 1. The normalized spacial score (nSPS) is 11.8. The Bertz CT molecular complexity index is 398. The zero-order valence-corrected chi connectivity index (χ0v) is 8.82.